The first-order chi connectivity index (χ1) is 9.33. The predicted molar refractivity (Wildman–Crippen MR) is 78.4 cm³/mol. The van der Waals surface area contributed by atoms with Crippen LogP contribution in [0.1, 0.15) is 51.9 Å². The molecule has 0 aromatic heterocycles. The molecule has 3 atom stereocenters. The van der Waals surface area contributed by atoms with Gasteiger partial charge in [-0.1, -0.05) is 6.92 Å². The van der Waals surface area contributed by atoms with Crippen LogP contribution in [0.5, 0.6) is 0 Å². The molecule has 3 heteroatoms. The van der Waals surface area contributed by atoms with Crippen molar-refractivity contribution in [2.45, 2.75) is 70.1 Å². The standard InChI is InChI=1S/C16H30N2O/c1-2-18(12-16-4-3-9-19-16)8-7-13-10-14-5-6-15(11-13)17-14/h13-17H,2-12H2,1H3. The average molecular weight is 266 g/mol. The fourth-order valence-corrected chi connectivity index (χ4v) is 4.23. The third kappa shape index (κ3) is 3.71. The summed E-state index contributed by atoms with van der Waals surface area (Å²) in [5, 5.41) is 3.75. The lowest BCUT2D eigenvalue weighted by molar-refractivity contribution is 0.0718. The highest BCUT2D eigenvalue weighted by molar-refractivity contribution is 4.92. The Morgan fingerprint density at radius 1 is 1.16 bits per heavy atom. The summed E-state index contributed by atoms with van der Waals surface area (Å²) in [5.74, 6) is 0.970. The van der Waals surface area contributed by atoms with E-state index in [0.29, 0.717) is 6.10 Å². The van der Waals surface area contributed by atoms with Gasteiger partial charge in [0.15, 0.2) is 0 Å². The van der Waals surface area contributed by atoms with E-state index in [1.165, 1.54) is 58.0 Å². The number of hydrogen-bond donors (Lipinski definition) is 1. The van der Waals surface area contributed by atoms with Crippen molar-refractivity contribution in [3.05, 3.63) is 0 Å². The molecule has 3 aliphatic heterocycles. The second-order valence-corrected chi connectivity index (χ2v) is 6.79. The maximum absolute atomic E-state index is 5.77. The highest BCUT2D eigenvalue weighted by Crippen LogP contribution is 2.32. The van der Waals surface area contributed by atoms with Gasteiger partial charge in [-0.25, -0.2) is 0 Å². The molecular formula is C16H30N2O. The van der Waals surface area contributed by atoms with Gasteiger partial charge in [-0.3, -0.25) is 0 Å². The smallest absolute Gasteiger partial charge is 0.0702 e. The molecule has 0 aromatic carbocycles. The number of rotatable bonds is 6. The van der Waals surface area contributed by atoms with Gasteiger partial charge in [-0.15, -0.1) is 0 Å². The van der Waals surface area contributed by atoms with Gasteiger partial charge < -0.3 is 15.0 Å². The Hall–Kier alpha value is -0.120. The van der Waals surface area contributed by atoms with Crippen LogP contribution in [-0.2, 0) is 4.74 Å². The molecule has 3 fully saturated rings. The van der Waals surface area contributed by atoms with Gasteiger partial charge in [0.05, 0.1) is 6.10 Å². The Bertz CT molecular complexity index is 266. The monoisotopic (exact) mass is 266 g/mol. The van der Waals surface area contributed by atoms with E-state index in [0.717, 1.165) is 31.2 Å². The summed E-state index contributed by atoms with van der Waals surface area (Å²) in [6.07, 6.45) is 10.2. The maximum Gasteiger partial charge on any atom is 0.0702 e. The normalized spacial score (nSPS) is 38.2. The summed E-state index contributed by atoms with van der Waals surface area (Å²) in [5.41, 5.74) is 0. The van der Waals surface area contributed by atoms with Crippen molar-refractivity contribution in [2.24, 2.45) is 5.92 Å². The fraction of sp³-hybridized carbons (Fsp3) is 1.00. The first kappa shape index (κ1) is 13.8. The molecule has 2 bridgehead atoms. The minimum absolute atomic E-state index is 0.518. The zero-order chi connectivity index (χ0) is 13.1. The zero-order valence-electron chi connectivity index (χ0n) is 12.4. The van der Waals surface area contributed by atoms with E-state index in [4.69, 9.17) is 4.74 Å². The molecular weight excluding hydrogens is 236 g/mol. The average Bonchev–Trinajstić information content (AvgIpc) is 3.04. The number of nitrogens with one attached hydrogen (secondary N) is 1. The Morgan fingerprint density at radius 2 is 1.95 bits per heavy atom. The summed E-state index contributed by atoms with van der Waals surface area (Å²) in [7, 11) is 0. The Balaban J connectivity index is 1.39. The first-order valence-electron chi connectivity index (χ1n) is 8.43. The number of nitrogens with zero attached hydrogens (tertiary/aromatic N) is 1. The van der Waals surface area contributed by atoms with Crippen molar-refractivity contribution < 1.29 is 4.74 Å². The summed E-state index contributed by atoms with van der Waals surface area (Å²) in [6, 6.07) is 1.69. The molecule has 3 aliphatic rings. The third-order valence-electron chi connectivity index (χ3n) is 5.36. The molecule has 3 nitrogen and oxygen atoms in total. The molecule has 0 spiro atoms. The van der Waals surface area contributed by atoms with Crippen molar-refractivity contribution in [1.82, 2.24) is 10.2 Å². The van der Waals surface area contributed by atoms with E-state index in [-0.39, 0.29) is 0 Å². The minimum atomic E-state index is 0.518. The van der Waals surface area contributed by atoms with Crippen LogP contribution in [0, 0.1) is 5.92 Å². The minimum Gasteiger partial charge on any atom is -0.377 e. The van der Waals surface area contributed by atoms with Gasteiger partial charge in [-0.2, -0.15) is 0 Å². The van der Waals surface area contributed by atoms with Crippen LogP contribution in [0.25, 0.3) is 0 Å². The van der Waals surface area contributed by atoms with E-state index >= 15 is 0 Å². The molecule has 19 heavy (non-hydrogen) atoms. The van der Waals surface area contributed by atoms with Crippen LogP contribution in [0.3, 0.4) is 0 Å². The molecule has 110 valence electrons. The van der Waals surface area contributed by atoms with Crippen molar-refractivity contribution in [1.29, 1.82) is 0 Å². The topological polar surface area (TPSA) is 24.5 Å². The SMILES string of the molecule is CCN(CCC1CC2CCC(C1)N2)CC1CCCO1. The van der Waals surface area contributed by atoms with Crippen molar-refractivity contribution in [2.75, 3.05) is 26.2 Å². The van der Waals surface area contributed by atoms with Crippen LogP contribution < -0.4 is 5.32 Å². The molecule has 3 heterocycles. The molecule has 3 unspecified atom stereocenters. The van der Waals surface area contributed by atoms with Crippen molar-refractivity contribution in [3.63, 3.8) is 0 Å². The van der Waals surface area contributed by atoms with Crippen LogP contribution in [-0.4, -0.2) is 49.3 Å². The fourth-order valence-electron chi connectivity index (χ4n) is 4.23. The van der Waals surface area contributed by atoms with Crippen molar-refractivity contribution in [3.8, 4) is 0 Å². The summed E-state index contributed by atoms with van der Waals surface area (Å²) in [6.45, 7) is 6.90. The van der Waals surface area contributed by atoms with Crippen LogP contribution in [0.15, 0.2) is 0 Å². The summed E-state index contributed by atoms with van der Waals surface area (Å²) in [4.78, 5) is 2.61. The van der Waals surface area contributed by atoms with Crippen LogP contribution in [0.4, 0.5) is 0 Å². The molecule has 3 saturated heterocycles. The number of piperidine rings is 1. The zero-order valence-corrected chi connectivity index (χ0v) is 12.4. The second kappa shape index (κ2) is 6.55. The lowest BCUT2D eigenvalue weighted by Gasteiger charge is -2.31. The molecule has 3 rings (SSSR count). The molecule has 0 aromatic rings. The Morgan fingerprint density at radius 3 is 2.58 bits per heavy atom. The predicted octanol–water partition coefficient (Wildman–Crippen LogP) is 2.41. The Labute approximate surface area is 118 Å². The van der Waals surface area contributed by atoms with Gasteiger partial charge in [0.25, 0.3) is 0 Å². The molecule has 0 radical (unpaired) electrons. The summed E-state index contributed by atoms with van der Waals surface area (Å²) < 4.78 is 5.77. The van der Waals surface area contributed by atoms with Crippen LogP contribution >= 0.6 is 0 Å². The third-order valence-corrected chi connectivity index (χ3v) is 5.36. The van der Waals surface area contributed by atoms with E-state index in [2.05, 4.69) is 17.1 Å². The lowest BCUT2D eigenvalue weighted by atomic mass is 9.89. The number of ether oxygens (including phenoxy) is 1. The Kier molecular flexibility index (Phi) is 4.78. The molecule has 0 saturated carbocycles. The van der Waals surface area contributed by atoms with Gasteiger partial charge >= 0.3 is 0 Å². The first-order valence-corrected chi connectivity index (χ1v) is 8.43. The van der Waals surface area contributed by atoms with Crippen molar-refractivity contribution >= 4 is 0 Å². The molecule has 0 amide bonds. The maximum atomic E-state index is 5.77. The summed E-state index contributed by atoms with van der Waals surface area (Å²) >= 11 is 0. The lowest BCUT2D eigenvalue weighted by Crippen LogP contribution is -2.40. The van der Waals surface area contributed by atoms with E-state index in [1.807, 2.05) is 0 Å². The van der Waals surface area contributed by atoms with E-state index in [9.17, 15) is 0 Å². The highest BCUT2D eigenvalue weighted by Gasteiger charge is 2.33. The number of hydrogen-bond acceptors (Lipinski definition) is 3. The van der Waals surface area contributed by atoms with Gasteiger partial charge in [-0.05, 0) is 64.0 Å². The van der Waals surface area contributed by atoms with E-state index in [1.54, 1.807) is 0 Å². The largest absolute Gasteiger partial charge is 0.377 e. The number of likely N-dealkylation sites (N-methyl/N-ethyl adjacent to an activating group) is 1. The molecule has 1 N–H and O–H groups in total. The van der Waals surface area contributed by atoms with Gasteiger partial charge in [0, 0.05) is 25.2 Å². The highest BCUT2D eigenvalue weighted by atomic mass is 16.5. The van der Waals surface area contributed by atoms with Gasteiger partial charge in [0.1, 0.15) is 0 Å². The molecule has 0 aliphatic carbocycles. The quantitative estimate of drug-likeness (QED) is 0.799. The number of fused-ring (bicyclic) bond motifs is 2. The van der Waals surface area contributed by atoms with E-state index < -0.39 is 0 Å². The second-order valence-electron chi connectivity index (χ2n) is 6.79. The van der Waals surface area contributed by atoms with Gasteiger partial charge in [0.2, 0.25) is 0 Å². The van der Waals surface area contributed by atoms with Crippen LogP contribution in [0.2, 0.25) is 0 Å².